The van der Waals surface area contributed by atoms with Crippen molar-refractivity contribution >= 4 is 17.6 Å². The van der Waals surface area contributed by atoms with Crippen LogP contribution in [0.3, 0.4) is 0 Å². The maximum atomic E-state index is 10.0. The number of nitrogens with zero attached hydrogens (tertiary/aromatic N) is 3. The second-order valence-electron chi connectivity index (χ2n) is 5.71. The van der Waals surface area contributed by atoms with Gasteiger partial charge in [0.15, 0.2) is 0 Å². The first kappa shape index (κ1) is 19.4. The van der Waals surface area contributed by atoms with Crippen molar-refractivity contribution in [1.82, 2.24) is 4.68 Å². The molecule has 28 heavy (non-hydrogen) atoms. The maximum absolute atomic E-state index is 10.0. The second kappa shape index (κ2) is 9.05. The van der Waals surface area contributed by atoms with E-state index >= 15 is 0 Å². The molecule has 0 aliphatic heterocycles. The predicted octanol–water partition coefficient (Wildman–Crippen LogP) is 3.91. The minimum Gasteiger partial charge on any atom is -0.507 e. The third kappa shape index (κ3) is 4.15. The fraction of sp³-hybridized carbons (Fsp3) is 0.143. The zero-order valence-corrected chi connectivity index (χ0v) is 16.5. The summed E-state index contributed by atoms with van der Waals surface area (Å²) in [6.45, 7) is 4.20. The van der Waals surface area contributed by atoms with Crippen molar-refractivity contribution in [2.75, 3.05) is 20.8 Å². The number of hydrogen-bond acceptors (Lipinski definition) is 6. The van der Waals surface area contributed by atoms with Gasteiger partial charge in [-0.1, -0.05) is 18.2 Å². The lowest BCUT2D eigenvalue weighted by atomic mass is 10.1. The zero-order valence-electron chi connectivity index (χ0n) is 15.7. The summed E-state index contributed by atoms with van der Waals surface area (Å²) >= 11 is 1.46. The lowest BCUT2D eigenvalue weighted by Gasteiger charge is -2.11. The maximum Gasteiger partial charge on any atom is 0.206 e. The van der Waals surface area contributed by atoms with Gasteiger partial charge < -0.3 is 14.6 Å². The van der Waals surface area contributed by atoms with Crippen molar-refractivity contribution in [2.24, 2.45) is 10.1 Å². The Kier molecular flexibility index (Phi) is 6.29. The van der Waals surface area contributed by atoms with Crippen molar-refractivity contribution in [3.63, 3.8) is 0 Å². The quantitative estimate of drug-likeness (QED) is 0.487. The van der Waals surface area contributed by atoms with Crippen LogP contribution in [0.1, 0.15) is 5.56 Å². The highest BCUT2D eigenvalue weighted by Gasteiger charge is 2.13. The monoisotopic (exact) mass is 395 g/mol. The summed E-state index contributed by atoms with van der Waals surface area (Å²) in [5.74, 6) is 1.53. The van der Waals surface area contributed by atoms with Crippen LogP contribution >= 0.6 is 11.3 Å². The minimum atomic E-state index is 0.162. The molecular weight excluding hydrogens is 374 g/mol. The lowest BCUT2D eigenvalue weighted by Crippen LogP contribution is -2.12. The van der Waals surface area contributed by atoms with E-state index in [1.165, 1.54) is 11.3 Å². The molecule has 0 aliphatic rings. The first-order valence-corrected chi connectivity index (χ1v) is 9.42. The third-order valence-electron chi connectivity index (χ3n) is 3.97. The Labute approximate surface area is 167 Å². The van der Waals surface area contributed by atoms with E-state index in [4.69, 9.17) is 9.47 Å². The molecule has 1 aromatic heterocycles. The molecule has 1 N–H and O–H groups in total. The van der Waals surface area contributed by atoms with Gasteiger partial charge in [-0.25, -0.2) is 4.68 Å². The second-order valence-corrected chi connectivity index (χ2v) is 6.55. The molecule has 0 saturated carbocycles. The molecule has 6 nitrogen and oxygen atoms in total. The molecular formula is C21H21N3O3S. The van der Waals surface area contributed by atoms with Gasteiger partial charge in [-0.05, 0) is 24.3 Å². The summed E-state index contributed by atoms with van der Waals surface area (Å²) in [7, 11) is 3.23. The molecule has 3 rings (SSSR count). The van der Waals surface area contributed by atoms with Gasteiger partial charge in [-0.3, -0.25) is 4.99 Å². The summed E-state index contributed by atoms with van der Waals surface area (Å²) in [6, 6.07) is 12.6. The number of ether oxygens (including phenoxy) is 2. The van der Waals surface area contributed by atoms with Gasteiger partial charge in [0.2, 0.25) is 4.80 Å². The number of benzene rings is 2. The Hall–Kier alpha value is -3.32. The van der Waals surface area contributed by atoms with Crippen LogP contribution < -0.4 is 14.3 Å². The van der Waals surface area contributed by atoms with Gasteiger partial charge in [0.1, 0.15) is 17.2 Å². The van der Waals surface area contributed by atoms with Crippen molar-refractivity contribution in [3.8, 4) is 28.5 Å². The SMILES string of the molecule is C=CCN=c1scc(-c2ccc(OC)cc2OC)n1N=Cc1ccccc1O. The number of rotatable bonds is 7. The van der Waals surface area contributed by atoms with Crippen LogP contribution in [0.15, 0.2) is 70.6 Å². The molecule has 0 amide bonds. The number of phenolic OH excluding ortho intramolecular Hbond substituents is 1. The summed E-state index contributed by atoms with van der Waals surface area (Å²) in [5, 5.41) is 16.5. The number of hydrogen-bond donors (Lipinski definition) is 1. The standard InChI is InChI=1S/C21H21N3O3S/c1-4-11-22-21-24(23-13-15-7-5-6-8-19(15)25)18(14-28-21)17-10-9-16(26-2)12-20(17)27-3/h4-10,12-14,25H,1,11H2,2-3H3. The van der Waals surface area contributed by atoms with Crippen LogP contribution in [-0.4, -0.2) is 36.8 Å². The number of phenols is 1. The topological polar surface area (TPSA) is 68.3 Å². The van der Waals surface area contributed by atoms with E-state index in [0.717, 1.165) is 11.3 Å². The zero-order chi connectivity index (χ0) is 19.9. The number of aromatic nitrogens is 1. The highest BCUT2D eigenvalue weighted by atomic mass is 32.1. The number of para-hydroxylation sites is 1. The largest absolute Gasteiger partial charge is 0.507 e. The lowest BCUT2D eigenvalue weighted by molar-refractivity contribution is 0.395. The Balaban J connectivity index is 2.14. The first-order chi connectivity index (χ1) is 13.7. The average molecular weight is 395 g/mol. The first-order valence-electron chi connectivity index (χ1n) is 8.54. The number of aromatic hydroxyl groups is 1. The molecule has 0 atom stereocenters. The molecule has 0 saturated heterocycles. The van der Waals surface area contributed by atoms with Crippen molar-refractivity contribution in [3.05, 3.63) is 70.9 Å². The molecule has 0 unspecified atom stereocenters. The molecule has 3 aromatic rings. The van der Waals surface area contributed by atoms with Gasteiger partial charge in [-0.2, -0.15) is 5.10 Å². The molecule has 2 aromatic carbocycles. The van der Waals surface area contributed by atoms with Gasteiger partial charge in [0.25, 0.3) is 0 Å². The molecule has 0 spiro atoms. The molecule has 0 bridgehead atoms. The van der Waals surface area contributed by atoms with E-state index in [0.29, 0.717) is 28.4 Å². The van der Waals surface area contributed by atoms with Crippen LogP contribution in [0.5, 0.6) is 17.2 Å². The molecule has 0 aliphatic carbocycles. The van der Waals surface area contributed by atoms with Crippen molar-refractivity contribution in [1.29, 1.82) is 0 Å². The van der Waals surface area contributed by atoms with E-state index in [1.807, 2.05) is 29.6 Å². The van der Waals surface area contributed by atoms with Crippen LogP contribution in [0.2, 0.25) is 0 Å². The Bertz CT molecular complexity index is 1070. The van der Waals surface area contributed by atoms with E-state index in [2.05, 4.69) is 16.7 Å². The van der Waals surface area contributed by atoms with E-state index < -0.39 is 0 Å². The van der Waals surface area contributed by atoms with Gasteiger partial charge in [0, 0.05) is 22.6 Å². The van der Waals surface area contributed by atoms with Gasteiger partial charge >= 0.3 is 0 Å². The summed E-state index contributed by atoms with van der Waals surface area (Å²) in [4.78, 5) is 5.22. The third-order valence-corrected chi connectivity index (χ3v) is 4.83. The summed E-state index contributed by atoms with van der Waals surface area (Å²) < 4.78 is 12.6. The average Bonchev–Trinajstić information content (AvgIpc) is 3.13. The van der Waals surface area contributed by atoms with Crippen LogP contribution in [-0.2, 0) is 0 Å². The molecule has 7 heteroatoms. The summed E-state index contributed by atoms with van der Waals surface area (Å²) in [6.07, 6.45) is 3.33. The van der Waals surface area contributed by atoms with Crippen molar-refractivity contribution < 1.29 is 14.6 Å². The van der Waals surface area contributed by atoms with Gasteiger partial charge in [-0.15, -0.1) is 17.9 Å². The predicted molar refractivity (Wildman–Crippen MR) is 113 cm³/mol. The fourth-order valence-corrected chi connectivity index (χ4v) is 3.41. The normalized spacial score (nSPS) is 11.7. The van der Waals surface area contributed by atoms with Crippen molar-refractivity contribution in [2.45, 2.75) is 0 Å². The number of methoxy groups -OCH3 is 2. The highest BCUT2D eigenvalue weighted by Crippen LogP contribution is 2.33. The van der Waals surface area contributed by atoms with Crippen LogP contribution in [0.25, 0.3) is 11.3 Å². The van der Waals surface area contributed by atoms with E-state index in [1.54, 1.807) is 49.4 Å². The minimum absolute atomic E-state index is 0.162. The number of thiazole rings is 1. The summed E-state index contributed by atoms with van der Waals surface area (Å²) in [5.41, 5.74) is 2.29. The van der Waals surface area contributed by atoms with E-state index in [-0.39, 0.29) is 5.75 Å². The Morgan fingerprint density at radius 2 is 2.00 bits per heavy atom. The Morgan fingerprint density at radius 1 is 1.18 bits per heavy atom. The molecule has 1 heterocycles. The van der Waals surface area contributed by atoms with Gasteiger partial charge in [0.05, 0.1) is 32.7 Å². The highest BCUT2D eigenvalue weighted by molar-refractivity contribution is 7.07. The van der Waals surface area contributed by atoms with Crippen LogP contribution in [0.4, 0.5) is 0 Å². The smallest absolute Gasteiger partial charge is 0.206 e. The molecule has 0 radical (unpaired) electrons. The van der Waals surface area contributed by atoms with Crippen LogP contribution in [0, 0.1) is 0 Å². The molecule has 0 fully saturated rings. The van der Waals surface area contributed by atoms with E-state index in [9.17, 15) is 5.11 Å². The molecule has 144 valence electrons. The Morgan fingerprint density at radius 3 is 2.71 bits per heavy atom. The fourth-order valence-electron chi connectivity index (χ4n) is 2.57.